The molecule has 0 aromatic heterocycles. The van der Waals surface area contributed by atoms with Crippen molar-refractivity contribution < 1.29 is 48.0 Å². The summed E-state index contributed by atoms with van der Waals surface area (Å²) in [4.78, 5) is 51.6. The minimum absolute atomic E-state index is 0.00143. The summed E-state index contributed by atoms with van der Waals surface area (Å²) in [6.45, 7) is 8.46. The van der Waals surface area contributed by atoms with Crippen molar-refractivity contribution in [3.63, 3.8) is 0 Å². The number of ether oxygens (including phenoxy) is 5. The molecule has 10 nitrogen and oxygen atoms in total. The first-order valence-electron chi connectivity index (χ1n) is 11.8. The van der Waals surface area contributed by atoms with Crippen LogP contribution in [0.25, 0.3) is 0 Å². The van der Waals surface area contributed by atoms with E-state index in [9.17, 15) is 24.3 Å². The molecule has 2 aliphatic carbocycles. The van der Waals surface area contributed by atoms with Gasteiger partial charge in [-0.25, -0.2) is 4.79 Å². The van der Waals surface area contributed by atoms with Crippen molar-refractivity contribution in [2.24, 2.45) is 23.2 Å². The van der Waals surface area contributed by atoms with E-state index >= 15 is 0 Å². The highest BCUT2D eigenvalue weighted by Crippen LogP contribution is 2.64. The number of esters is 2. The number of ketones is 1. The van der Waals surface area contributed by atoms with Crippen LogP contribution in [0.5, 0.6) is 0 Å². The molecule has 3 saturated heterocycles. The Kier molecular flexibility index (Phi) is 5.07. The zero-order valence-corrected chi connectivity index (χ0v) is 20.6. The third-order valence-corrected chi connectivity index (χ3v) is 8.70. The molecule has 1 saturated carbocycles. The van der Waals surface area contributed by atoms with Crippen LogP contribution in [0.2, 0.25) is 0 Å². The molecule has 5 rings (SSSR count). The van der Waals surface area contributed by atoms with Gasteiger partial charge in [-0.15, -0.1) is 0 Å². The lowest BCUT2D eigenvalue weighted by molar-refractivity contribution is -0.280. The van der Waals surface area contributed by atoms with Crippen molar-refractivity contribution >= 4 is 23.9 Å². The van der Waals surface area contributed by atoms with E-state index in [-0.39, 0.29) is 12.8 Å². The maximum atomic E-state index is 13.7. The summed E-state index contributed by atoms with van der Waals surface area (Å²) in [7, 11) is 1.18. The largest absolute Gasteiger partial charge is 0.508 e. The van der Waals surface area contributed by atoms with E-state index in [0.29, 0.717) is 5.57 Å². The zero-order valence-electron chi connectivity index (χ0n) is 20.6. The number of carbonyl (C=O) groups is 4. The van der Waals surface area contributed by atoms with E-state index in [2.05, 4.69) is 0 Å². The number of Topliss-reactive ketones (excluding diaryl/α,β-unsaturated/α-hetero) is 1. The van der Waals surface area contributed by atoms with Gasteiger partial charge in [-0.3, -0.25) is 14.4 Å². The lowest BCUT2D eigenvalue weighted by Crippen LogP contribution is -2.71. The van der Waals surface area contributed by atoms with Crippen LogP contribution in [0.4, 0.5) is 4.79 Å². The molecule has 1 N–H and O–H groups in total. The molecule has 0 radical (unpaired) electrons. The van der Waals surface area contributed by atoms with Crippen LogP contribution in [0.15, 0.2) is 22.8 Å². The van der Waals surface area contributed by atoms with Crippen molar-refractivity contribution in [3.05, 3.63) is 22.8 Å². The molecule has 0 spiro atoms. The Bertz CT molecular complexity index is 1100. The first-order valence-corrected chi connectivity index (χ1v) is 11.8. The predicted octanol–water partition coefficient (Wildman–Crippen LogP) is 1.98. The number of methoxy groups -OCH3 is 1. The molecule has 0 unspecified atom stereocenters. The number of carbonyl (C=O) groups excluding carboxylic acids is 4. The van der Waals surface area contributed by atoms with Crippen LogP contribution in [0.3, 0.4) is 0 Å². The predicted molar refractivity (Wildman–Crippen MR) is 116 cm³/mol. The van der Waals surface area contributed by atoms with Crippen molar-refractivity contribution in [3.8, 4) is 0 Å². The normalized spacial score (nSPS) is 43.6. The van der Waals surface area contributed by atoms with Crippen molar-refractivity contribution in [1.82, 2.24) is 0 Å². The Morgan fingerprint density at radius 3 is 2.54 bits per heavy atom. The van der Waals surface area contributed by atoms with Crippen molar-refractivity contribution in [2.75, 3.05) is 7.11 Å². The van der Waals surface area contributed by atoms with E-state index in [0.717, 1.165) is 11.1 Å². The summed E-state index contributed by atoms with van der Waals surface area (Å²) in [5.41, 5.74) is -2.27. The molecular weight excluding hydrogens is 460 g/mol. The van der Waals surface area contributed by atoms with Crippen LogP contribution in [-0.4, -0.2) is 65.8 Å². The molecule has 10 heteroatoms. The van der Waals surface area contributed by atoms with E-state index in [1.165, 1.54) is 7.11 Å². The van der Waals surface area contributed by atoms with Gasteiger partial charge in [0.25, 0.3) is 0 Å². The molecule has 35 heavy (non-hydrogen) atoms. The van der Waals surface area contributed by atoms with Crippen LogP contribution < -0.4 is 0 Å². The number of allylic oxidation sites excluding steroid dienone is 1. The number of cyclic esters (lactones) is 1. The first-order chi connectivity index (χ1) is 16.3. The fourth-order valence-corrected chi connectivity index (χ4v) is 6.89. The summed E-state index contributed by atoms with van der Waals surface area (Å²) in [6, 6.07) is 0. The molecule has 4 fully saturated rings. The van der Waals surface area contributed by atoms with Gasteiger partial charge in [-0.05, 0) is 64.2 Å². The Hall–Kier alpha value is -2.72. The summed E-state index contributed by atoms with van der Waals surface area (Å²) in [6.07, 6.45) is -2.45. The molecule has 8 atom stereocenters. The molecule has 0 aromatic rings. The molecule has 5 aliphatic rings. The molecule has 3 aliphatic heterocycles. The highest BCUT2D eigenvalue weighted by molar-refractivity contribution is 5.92. The maximum absolute atomic E-state index is 13.7. The summed E-state index contributed by atoms with van der Waals surface area (Å²) in [5, 5.41) is 12.1. The lowest BCUT2D eigenvalue weighted by atomic mass is 9.49. The highest BCUT2D eigenvalue weighted by Gasteiger charge is 2.78. The number of rotatable bonds is 1. The Morgan fingerprint density at radius 1 is 1.20 bits per heavy atom. The Balaban J connectivity index is 1.77. The zero-order chi connectivity index (χ0) is 25.7. The van der Waals surface area contributed by atoms with Gasteiger partial charge in [0.15, 0.2) is 11.4 Å². The van der Waals surface area contributed by atoms with E-state index in [4.69, 9.17) is 23.7 Å². The number of hydrogen-bond donors (Lipinski definition) is 1. The number of hydrogen-bond acceptors (Lipinski definition) is 10. The van der Waals surface area contributed by atoms with Gasteiger partial charge in [-0.2, -0.15) is 0 Å². The van der Waals surface area contributed by atoms with Crippen LogP contribution in [-0.2, 0) is 38.1 Å². The van der Waals surface area contributed by atoms with E-state index in [1.807, 2.05) is 6.92 Å². The quantitative estimate of drug-likeness (QED) is 0.429. The van der Waals surface area contributed by atoms with Crippen LogP contribution in [0, 0.1) is 23.2 Å². The minimum atomic E-state index is -1.96. The topological polar surface area (TPSA) is 135 Å². The third kappa shape index (κ3) is 3.02. The molecule has 0 amide bonds. The fourth-order valence-electron chi connectivity index (χ4n) is 6.89. The van der Waals surface area contributed by atoms with Crippen LogP contribution in [0.1, 0.15) is 47.5 Å². The Labute approximate surface area is 202 Å². The summed E-state index contributed by atoms with van der Waals surface area (Å²) >= 11 is 0. The minimum Gasteiger partial charge on any atom is -0.455 e. The second-order valence-electron chi connectivity index (χ2n) is 10.9. The highest BCUT2D eigenvalue weighted by atomic mass is 16.7. The smallest absolute Gasteiger partial charge is 0.455 e. The van der Waals surface area contributed by atoms with Gasteiger partial charge in [0, 0.05) is 5.92 Å². The van der Waals surface area contributed by atoms with Gasteiger partial charge in [0.2, 0.25) is 6.29 Å². The van der Waals surface area contributed by atoms with Gasteiger partial charge in [0.1, 0.15) is 23.2 Å². The first kappa shape index (κ1) is 24.0. The average Bonchev–Trinajstić information content (AvgIpc) is 2.88. The van der Waals surface area contributed by atoms with Gasteiger partial charge in [0.05, 0.1) is 19.4 Å². The molecule has 3 heterocycles. The van der Waals surface area contributed by atoms with Crippen molar-refractivity contribution in [1.29, 1.82) is 0 Å². The lowest BCUT2D eigenvalue weighted by Gasteiger charge is -2.56. The summed E-state index contributed by atoms with van der Waals surface area (Å²) < 4.78 is 27.2. The van der Waals surface area contributed by atoms with E-state index < -0.39 is 76.7 Å². The van der Waals surface area contributed by atoms with Crippen LogP contribution >= 0.6 is 0 Å². The number of fused-ring (bicyclic) bond motifs is 3. The fraction of sp³-hybridized carbons (Fsp3) is 0.680. The number of aliphatic hydroxyl groups is 1. The van der Waals surface area contributed by atoms with Gasteiger partial charge in [-0.1, -0.05) is 5.57 Å². The average molecular weight is 491 g/mol. The maximum Gasteiger partial charge on any atom is 0.508 e. The molecule has 0 bridgehead atoms. The monoisotopic (exact) mass is 490 g/mol. The SMILES string of the molecule is COC(=O)O[C@@H]1C=C2C(=C(C)[C@@H]3C[C@@]4(C)C(=O)O[C@H]5O[C@@H](C)C(=O)[C@H]([C@H]13)[C@]54O)CC(=O)OC2(C)C. The standard InChI is InChI=1S/C25H30O10/c1-10-12-7-16(26)35-23(3,4)14(12)8-15(33-22(29)31-6)17-13(10)9-24(5)20(28)34-21-25(24,30)18(17)19(27)11(2)32-21/h8,11,13,15,17-18,21,30H,7,9H2,1-6H3/t11-,13-,15+,17-,18-,21+,24-,25-/m0/s1. The second kappa shape index (κ2) is 7.39. The Morgan fingerprint density at radius 2 is 1.89 bits per heavy atom. The van der Waals surface area contributed by atoms with Gasteiger partial charge >= 0.3 is 18.1 Å². The van der Waals surface area contributed by atoms with Crippen molar-refractivity contribution in [2.45, 2.75) is 77.2 Å². The van der Waals surface area contributed by atoms with E-state index in [1.54, 1.807) is 33.8 Å². The molecular formula is C25H30O10. The third-order valence-electron chi connectivity index (χ3n) is 8.70. The molecule has 0 aromatic carbocycles. The van der Waals surface area contributed by atoms with Gasteiger partial charge < -0.3 is 28.8 Å². The summed E-state index contributed by atoms with van der Waals surface area (Å²) in [5.74, 6) is -3.87. The second-order valence-corrected chi connectivity index (χ2v) is 10.9. The molecule has 190 valence electrons.